The van der Waals surface area contributed by atoms with Crippen LogP contribution in [0.2, 0.25) is 10.0 Å². The Morgan fingerprint density at radius 3 is 2.58 bits per heavy atom. The molecule has 0 heterocycles. The zero-order valence-corrected chi connectivity index (χ0v) is 13.6. The topological polar surface area (TPSA) is 26.3 Å². The van der Waals surface area contributed by atoms with Gasteiger partial charge < -0.3 is 4.74 Å². The van der Waals surface area contributed by atoms with Gasteiger partial charge in [-0.3, -0.25) is 4.79 Å². The Bertz CT molecular complexity index is 641. The summed E-state index contributed by atoms with van der Waals surface area (Å²) in [4.78, 5) is 12.5. The van der Waals surface area contributed by atoms with Gasteiger partial charge in [-0.25, -0.2) is 0 Å². The van der Waals surface area contributed by atoms with Crippen molar-refractivity contribution in [2.45, 2.75) is 0 Å². The first-order valence-corrected chi connectivity index (χ1v) is 7.20. The van der Waals surface area contributed by atoms with E-state index < -0.39 is 0 Å². The van der Waals surface area contributed by atoms with Crippen LogP contribution < -0.4 is 4.74 Å². The monoisotopic (exact) mass is 406 g/mol. The fraction of sp³-hybridized carbons (Fsp3) is 0.0714. The molecule has 0 fully saturated rings. The van der Waals surface area contributed by atoms with E-state index in [4.69, 9.17) is 27.9 Å². The molecule has 0 aliphatic rings. The third-order valence-corrected chi connectivity index (χ3v) is 4.09. The zero-order chi connectivity index (χ0) is 14.0. The second kappa shape index (κ2) is 6.11. The van der Waals surface area contributed by atoms with Crippen molar-refractivity contribution in [2.24, 2.45) is 0 Å². The maximum absolute atomic E-state index is 12.5. The van der Waals surface area contributed by atoms with Crippen LogP contribution in [0.4, 0.5) is 0 Å². The van der Waals surface area contributed by atoms with Gasteiger partial charge in [-0.2, -0.15) is 0 Å². The van der Waals surface area contributed by atoms with Crippen LogP contribution in [0.3, 0.4) is 0 Å². The van der Waals surface area contributed by atoms with Gasteiger partial charge in [-0.15, -0.1) is 0 Å². The third kappa shape index (κ3) is 3.04. The summed E-state index contributed by atoms with van der Waals surface area (Å²) in [6.07, 6.45) is 0. The van der Waals surface area contributed by atoms with Crippen molar-refractivity contribution < 1.29 is 9.53 Å². The highest BCUT2D eigenvalue weighted by molar-refractivity contribution is 14.1. The summed E-state index contributed by atoms with van der Waals surface area (Å²) in [6.45, 7) is 0. The molecule has 0 aromatic heterocycles. The first-order valence-electron chi connectivity index (χ1n) is 5.37. The van der Waals surface area contributed by atoms with E-state index in [1.165, 1.54) is 7.11 Å². The minimum Gasteiger partial charge on any atom is -0.496 e. The zero-order valence-electron chi connectivity index (χ0n) is 9.91. The van der Waals surface area contributed by atoms with E-state index in [1.54, 1.807) is 30.3 Å². The van der Waals surface area contributed by atoms with Crippen LogP contribution in [-0.4, -0.2) is 12.9 Å². The van der Waals surface area contributed by atoms with E-state index in [0.29, 0.717) is 21.9 Å². The standard InChI is InChI=1S/C14H9Cl2IO2/c1-19-12-6-5-8(17)7-10(12)14(18)9-3-2-4-11(15)13(9)16/h2-7H,1H3. The molecule has 0 unspecified atom stereocenters. The van der Waals surface area contributed by atoms with Crippen LogP contribution in [0.15, 0.2) is 36.4 Å². The molecule has 0 spiro atoms. The summed E-state index contributed by atoms with van der Waals surface area (Å²) >= 11 is 14.2. The first kappa shape index (κ1) is 14.6. The first-order chi connectivity index (χ1) is 9.04. The molecule has 0 aliphatic carbocycles. The maximum Gasteiger partial charge on any atom is 0.198 e. The predicted octanol–water partition coefficient (Wildman–Crippen LogP) is 4.84. The number of benzene rings is 2. The number of carbonyl (C=O) groups excluding carboxylic acids is 1. The highest BCUT2D eigenvalue weighted by Crippen LogP contribution is 2.30. The SMILES string of the molecule is COc1ccc(I)cc1C(=O)c1cccc(Cl)c1Cl. The molecule has 0 bridgehead atoms. The number of hydrogen-bond donors (Lipinski definition) is 0. The number of rotatable bonds is 3. The van der Waals surface area contributed by atoms with E-state index in [0.717, 1.165) is 3.57 Å². The van der Waals surface area contributed by atoms with Gasteiger partial charge in [0.1, 0.15) is 5.75 Å². The Balaban J connectivity index is 2.56. The number of ketones is 1. The number of halogens is 3. The van der Waals surface area contributed by atoms with Gasteiger partial charge in [0.05, 0.1) is 22.7 Å². The summed E-state index contributed by atoms with van der Waals surface area (Å²) in [5, 5.41) is 0.618. The summed E-state index contributed by atoms with van der Waals surface area (Å²) in [6, 6.07) is 10.4. The van der Waals surface area contributed by atoms with Gasteiger partial charge in [0.15, 0.2) is 5.78 Å². The van der Waals surface area contributed by atoms with Crippen molar-refractivity contribution in [2.75, 3.05) is 7.11 Å². The molecular weight excluding hydrogens is 398 g/mol. The van der Waals surface area contributed by atoms with Gasteiger partial charge in [-0.05, 0) is 52.9 Å². The number of methoxy groups -OCH3 is 1. The Labute approximate surface area is 134 Å². The Hall–Kier alpha value is -0.780. The van der Waals surface area contributed by atoms with Gasteiger partial charge in [0.2, 0.25) is 0 Å². The lowest BCUT2D eigenvalue weighted by atomic mass is 10.0. The molecule has 2 nitrogen and oxygen atoms in total. The van der Waals surface area contributed by atoms with Crippen LogP contribution in [0.5, 0.6) is 5.75 Å². The van der Waals surface area contributed by atoms with Crippen LogP contribution in [0, 0.1) is 3.57 Å². The lowest BCUT2D eigenvalue weighted by molar-refractivity contribution is 0.103. The normalized spacial score (nSPS) is 10.3. The van der Waals surface area contributed by atoms with Crippen molar-refractivity contribution in [1.29, 1.82) is 0 Å². The molecule has 0 aliphatic heterocycles. The fourth-order valence-electron chi connectivity index (χ4n) is 1.68. The molecule has 0 saturated carbocycles. The molecular formula is C14H9Cl2IO2. The second-order valence-corrected chi connectivity index (χ2v) is 5.81. The van der Waals surface area contributed by atoms with E-state index in [-0.39, 0.29) is 10.8 Å². The van der Waals surface area contributed by atoms with Gasteiger partial charge in [0, 0.05) is 9.13 Å². The summed E-state index contributed by atoms with van der Waals surface area (Å²) < 4.78 is 6.16. The molecule has 98 valence electrons. The van der Waals surface area contributed by atoms with Crippen molar-refractivity contribution in [1.82, 2.24) is 0 Å². The highest BCUT2D eigenvalue weighted by atomic mass is 127. The summed E-state index contributed by atoms with van der Waals surface area (Å²) in [7, 11) is 1.53. The van der Waals surface area contributed by atoms with E-state index >= 15 is 0 Å². The maximum atomic E-state index is 12.5. The molecule has 2 rings (SSSR count). The van der Waals surface area contributed by atoms with Crippen LogP contribution >= 0.6 is 45.8 Å². The molecule has 0 saturated heterocycles. The predicted molar refractivity (Wildman–Crippen MR) is 85.6 cm³/mol. The minimum atomic E-state index is -0.206. The molecule has 2 aromatic carbocycles. The molecule has 0 N–H and O–H groups in total. The Kier molecular flexibility index (Phi) is 4.71. The summed E-state index contributed by atoms with van der Waals surface area (Å²) in [5.74, 6) is 0.310. The molecule has 0 radical (unpaired) electrons. The number of ether oxygens (including phenoxy) is 1. The molecule has 19 heavy (non-hydrogen) atoms. The quantitative estimate of drug-likeness (QED) is 0.538. The summed E-state index contributed by atoms with van der Waals surface area (Å²) in [5.41, 5.74) is 0.841. The van der Waals surface area contributed by atoms with E-state index in [1.807, 2.05) is 6.07 Å². The van der Waals surface area contributed by atoms with Crippen molar-refractivity contribution in [3.8, 4) is 5.75 Å². The van der Waals surface area contributed by atoms with Gasteiger partial charge in [0.25, 0.3) is 0 Å². The lowest BCUT2D eigenvalue weighted by Gasteiger charge is -2.09. The molecule has 0 atom stereocenters. The van der Waals surface area contributed by atoms with Gasteiger partial charge >= 0.3 is 0 Å². The average Bonchev–Trinajstić information content (AvgIpc) is 2.41. The Morgan fingerprint density at radius 1 is 1.16 bits per heavy atom. The average molecular weight is 407 g/mol. The van der Waals surface area contributed by atoms with Crippen LogP contribution in [-0.2, 0) is 0 Å². The van der Waals surface area contributed by atoms with E-state index in [2.05, 4.69) is 22.6 Å². The van der Waals surface area contributed by atoms with Crippen LogP contribution in [0.1, 0.15) is 15.9 Å². The second-order valence-electron chi connectivity index (χ2n) is 3.78. The van der Waals surface area contributed by atoms with Crippen molar-refractivity contribution in [3.63, 3.8) is 0 Å². The smallest absolute Gasteiger partial charge is 0.198 e. The third-order valence-electron chi connectivity index (χ3n) is 2.60. The van der Waals surface area contributed by atoms with Crippen LogP contribution in [0.25, 0.3) is 0 Å². The highest BCUT2D eigenvalue weighted by Gasteiger charge is 2.18. The minimum absolute atomic E-state index is 0.206. The van der Waals surface area contributed by atoms with Gasteiger partial charge in [-0.1, -0.05) is 29.3 Å². The number of carbonyl (C=O) groups is 1. The van der Waals surface area contributed by atoms with E-state index in [9.17, 15) is 4.79 Å². The Morgan fingerprint density at radius 2 is 1.89 bits per heavy atom. The van der Waals surface area contributed by atoms with Crippen molar-refractivity contribution >= 4 is 51.6 Å². The van der Waals surface area contributed by atoms with Crippen molar-refractivity contribution in [3.05, 3.63) is 61.1 Å². The molecule has 2 aromatic rings. The molecule has 5 heteroatoms. The fourth-order valence-corrected chi connectivity index (χ4v) is 2.56. The largest absolute Gasteiger partial charge is 0.496 e. The molecule has 0 amide bonds. The lowest BCUT2D eigenvalue weighted by Crippen LogP contribution is -2.05. The number of hydrogen-bond acceptors (Lipinski definition) is 2.